The van der Waals surface area contributed by atoms with Crippen molar-refractivity contribution in [1.82, 2.24) is 9.97 Å². The molecule has 1 aromatic heterocycles. The zero-order valence-corrected chi connectivity index (χ0v) is 16.6. The summed E-state index contributed by atoms with van der Waals surface area (Å²) in [5.41, 5.74) is 4.64. The number of amides is 1. The number of hydrogen-bond donors (Lipinski definition) is 1. The first kappa shape index (κ1) is 19.5. The maximum absolute atomic E-state index is 12.7. The summed E-state index contributed by atoms with van der Waals surface area (Å²) in [5, 5.41) is 3.03. The monoisotopic (exact) mass is 374 g/mol. The number of hydrogen-bond acceptors (Lipinski definition) is 4. The van der Waals surface area contributed by atoms with E-state index < -0.39 is 0 Å². The fourth-order valence-corrected chi connectivity index (χ4v) is 3.15. The Bertz CT molecular complexity index is 901. The molecule has 5 heteroatoms. The largest absolute Gasteiger partial charge is 0.354 e. The quantitative estimate of drug-likeness (QED) is 0.662. The molecule has 0 fully saturated rings. The number of anilines is 2. The molecule has 1 amide bonds. The number of carbonyl (C=O) groups is 1. The van der Waals surface area contributed by atoms with Gasteiger partial charge in [-0.2, -0.15) is 0 Å². The van der Waals surface area contributed by atoms with Crippen LogP contribution < -0.4 is 10.2 Å². The summed E-state index contributed by atoms with van der Waals surface area (Å²) in [6, 6.07) is 16.3. The van der Waals surface area contributed by atoms with Crippen molar-refractivity contribution >= 4 is 17.4 Å². The molecule has 0 saturated carbocycles. The van der Waals surface area contributed by atoms with Gasteiger partial charge in [0.25, 0.3) is 5.91 Å². The lowest BCUT2D eigenvalue weighted by Crippen LogP contribution is -2.20. The van der Waals surface area contributed by atoms with Crippen molar-refractivity contribution in [2.75, 3.05) is 17.3 Å². The van der Waals surface area contributed by atoms with E-state index >= 15 is 0 Å². The van der Waals surface area contributed by atoms with Gasteiger partial charge in [-0.05, 0) is 29.5 Å². The van der Waals surface area contributed by atoms with Crippen LogP contribution in [-0.2, 0) is 19.4 Å². The Morgan fingerprint density at radius 3 is 2.18 bits per heavy atom. The van der Waals surface area contributed by atoms with E-state index in [1.807, 2.05) is 48.3 Å². The van der Waals surface area contributed by atoms with Gasteiger partial charge in [-0.1, -0.05) is 62.4 Å². The summed E-state index contributed by atoms with van der Waals surface area (Å²) in [4.78, 5) is 23.5. The fourth-order valence-electron chi connectivity index (χ4n) is 3.15. The standard InChI is InChI=1S/C23H26N4O/c1-4-18-12-9-13-19(5-2)22(18)26-23(28)20-14-25-21(15-24-20)27(3)16-17-10-7-6-8-11-17/h6-15H,4-5,16H2,1-3H3,(H,26,28). The van der Waals surface area contributed by atoms with Gasteiger partial charge >= 0.3 is 0 Å². The Morgan fingerprint density at radius 1 is 0.929 bits per heavy atom. The number of nitrogens with one attached hydrogen (secondary N) is 1. The van der Waals surface area contributed by atoms with Crippen molar-refractivity contribution in [2.45, 2.75) is 33.2 Å². The predicted octanol–water partition coefficient (Wildman–Crippen LogP) is 4.49. The molecule has 1 N–H and O–H groups in total. The van der Waals surface area contributed by atoms with Crippen molar-refractivity contribution < 1.29 is 4.79 Å². The molecule has 3 rings (SSSR count). The third-order valence-electron chi connectivity index (χ3n) is 4.76. The normalized spacial score (nSPS) is 10.5. The first-order chi connectivity index (χ1) is 13.6. The van der Waals surface area contributed by atoms with Crippen LogP contribution in [0.25, 0.3) is 0 Å². The van der Waals surface area contributed by atoms with E-state index in [-0.39, 0.29) is 5.91 Å². The second-order valence-electron chi connectivity index (χ2n) is 6.71. The van der Waals surface area contributed by atoms with Crippen LogP contribution in [0.1, 0.15) is 41.0 Å². The molecule has 0 atom stereocenters. The topological polar surface area (TPSA) is 58.1 Å². The number of benzene rings is 2. The second-order valence-corrected chi connectivity index (χ2v) is 6.71. The minimum absolute atomic E-state index is 0.236. The SMILES string of the molecule is CCc1cccc(CC)c1NC(=O)c1cnc(N(C)Cc2ccccc2)cn1. The molecule has 28 heavy (non-hydrogen) atoms. The molecular formula is C23H26N4O. The third-order valence-corrected chi connectivity index (χ3v) is 4.76. The highest BCUT2D eigenvalue weighted by Gasteiger charge is 2.14. The smallest absolute Gasteiger partial charge is 0.275 e. The van der Waals surface area contributed by atoms with E-state index in [2.05, 4.69) is 41.3 Å². The van der Waals surface area contributed by atoms with Gasteiger partial charge in [0.2, 0.25) is 0 Å². The van der Waals surface area contributed by atoms with Crippen LogP contribution >= 0.6 is 0 Å². The molecular weight excluding hydrogens is 348 g/mol. The van der Waals surface area contributed by atoms with E-state index in [0.29, 0.717) is 5.69 Å². The number of carbonyl (C=O) groups excluding carboxylic acids is 1. The Balaban J connectivity index is 1.72. The van der Waals surface area contributed by atoms with Gasteiger partial charge in [-0.25, -0.2) is 9.97 Å². The van der Waals surface area contributed by atoms with Crippen LogP contribution in [0.15, 0.2) is 60.9 Å². The van der Waals surface area contributed by atoms with Gasteiger partial charge in [0.15, 0.2) is 0 Å². The van der Waals surface area contributed by atoms with Crippen LogP contribution in [0.5, 0.6) is 0 Å². The fraction of sp³-hybridized carbons (Fsp3) is 0.261. The minimum atomic E-state index is -0.236. The molecule has 0 saturated heterocycles. The number of nitrogens with zero attached hydrogens (tertiary/aromatic N) is 3. The predicted molar refractivity (Wildman–Crippen MR) is 114 cm³/mol. The average Bonchev–Trinajstić information content (AvgIpc) is 2.74. The van der Waals surface area contributed by atoms with Gasteiger partial charge < -0.3 is 10.2 Å². The van der Waals surface area contributed by atoms with Crippen molar-refractivity contribution in [3.63, 3.8) is 0 Å². The van der Waals surface area contributed by atoms with Crippen molar-refractivity contribution in [3.05, 3.63) is 83.3 Å². The molecule has 0 unspecified atom stereocenters. The minimum Gasteiger partial charge on any atom is -0.354 e. The van der Waals surface area contributed by atoms with E-state index in [4.69, 9.17) is 0 Å². The number of aromatic nitrogens is 2. The van der Waals surface area contributed by atoms with Crippen LogP contribution in [-0.4, -0.2) is 22.9 Å². The van der Waals surface area contributed by atoms with Gasteiger partial charge in [-0.3, -0.25) is 4.79 Å². The maximum atomic E-state index is 12.7. The van der Waals surface area contributed by atoms with Crippen LogP contribution in [0.4, 0.5) is 11.5 Å². The second kappa shape index (κ2) is 9.13. The van der Waals surface area contributed by atoms with Crippen LogP contribution in [0.2, 0.25) is 0 Å². The zero-order chi connectivity index (χ0) is 19.9. The lowest BCUT2D eigenvalue weighted by atomic mass is 10.0. The van der Waals surface area contributed by atoms with E-state index in [1.165, 1.54) is 11.8 Å². The molecule has 0 radical (unpaired) electrons. The molecule has 0 spiro atoms. The summed E-state index contributed by atoms with van der Waals surface area (Å²) in [5.74, 6) is 0.490. The van der Waals surface area contributed by atoms with Gasteiger partial charge in [0, 0.05) is 19.3 Å². The lowest BCUT2D eigenvalue weighted by Gasteiger charge is -2.18. The molecule has 0 bridgehead atoms. The van der Waals surface area contributed by atoms with E-state index in [1.54, 1.807) is 6.20 Å². The number of rotatable bonds is 7. The molecule has 1 heterocycles. The first-order valence-electron chi connectivity index (χ1n) is 9.61. The molecule has 5 nitrogen and oxygen atoms in total. The Labute approximate surface area is 166 Å². The Kier molecular flexibility index (Phi) is 6.37. The highest BCUT2D eigenvalue weighted by Crippen LogP contribution is 2.23. The molecule has 144 valence electrons. The number of para-hydroxylation sites is 1. The maximum Gasteiger partial charge on any atom is 0.275 e. The van der Waals surface area contributed by atoms with Crippen molar-refractivity contribution in [1.29, 1.82) is 0 Å². The lowest BCUT2D eigenvalue weighted by molar-refractivity contribution is 0.102. The highest BCUT2D eigenvalue weighted by molar-refractivity contribution is 6.03. The third kappa shape index (κ3) is 4.55. The molecule has 2 aromatic carbocycles. The van der Waals surface area contributed by atoms with Crippen molar-refractivity contribution in [3.8, 4) is 0 Å². The molecule has 0 aliphatic rings. The first-order valence-corrected chi connectivity index (χ1v) is 9.61. The zero-order valence-electron chi connectivity index (χ0n) is 16.6. The van der Waals surface area contributed by atoms with Crippen molar-refractivity contribution in [2.24, 2.45) is 0 Å². The van der Waals surface area contributed by atoms with Gasteiger partial charge in [0.1, 0.15) is 11.5 Å². The molecule has 0 aliphatic carbocycles. The van der Waals surface area contributed by atoms with E-state index in [0.717, 1.165) is 42.0 Å². The van der Waals surface area contributed by atoms with Crippen LogP contribution in [0.3, 0.4) is 0 Å². The Hall–Kier alpha value is -3.21. The molecule has 0 aliphatic heterocycles. The Morgan fingerprint density at radius 2 is 1.61 bits per heavy atom. The summed E-state index contributed by atoms with van der Waals surface area (Å²) < 4.78 is 0. The van der Waals surface area contributed by atoms with Crippen LogP contribution in [0, 0.1) is 0 Å². The summed E-state index contributed by atoms with van der Waals surface area (Å²) in [6.45, 7) is 4.90. The number of aryl methyl sites for hydroxylation is 2. The summed E-state index contributed by atoms with van der Waals surface area (Å²) in [7, 11) is 1.96. The summed E-state index contributed by atoms with van der Waals surface area (Å²) in [6.07, 6.45) is 4.90. The highest BCUT2D eigenvalue weighted by atomic mass is 16.1. The van der Waals surface area contributed by atoms with E-state index in [9.17, 15) is 4.79 Å². The average molecular weight is 374 g/mol. The molecule has 3 aromatic rings. The van der Waals surface area contributed by atoms with Gasteiger partial charge in [0.05, 0.1) is 12.4 Å². The summed E-state index contributed by atoms with van der Waals surface area (Å²) >= 11 is 0. The van der Waals surface area contributed by atoms with Gasteiger partial charge in [-0.15, -0.1) is 0 Å².